The maximum absolute atomic E-state index is 10.6. The lowest BCUT2D eigenvalue weighted by Gasteiger charge is -2.08. The summed E-state index contributed by atoms with van der Waals surface area (Å²) in [5.74, 6) is -0.820. The molecule has 0 unspecified atom stereocenters. The third kappa shape index (κ3) is 4.20. The number of alkyl halides is 3. The highest BCUT2D eigenvalue weighted by Gasteiger charge is 2.32. The van der Waals surface area contributed by atoms with Crippen LogP contribution in [0, 0.1) is 0 Å². The molecule has 0 N–H and O–H groups in total. The molecule has 0 radical (unpaired) electrons. The van der Waals surface area contributed by atoms with Gasteiger partial charge in [-0.1, -0.05) is 41.7 Å². The monoisotopic (exact) mass is 204 g/mol. The van der Waals surface area contributed by atoms with Crippen molar-refractivity contribution in [2.75, 3.05) is 6.61 Å². The third-order valence-corrected chi connectivity index (χ3v) is 1.13. The van der Waals surface area contributed by atoms with Crippen LogP contribution in [0.5, 0.6) is 0 Å². The first kappa shape index (κ1) is 10.3. The number of hydrogen-bond donors (Lipinski definition) is 0. The molecule has 0 aromatic heterocycles. The van der Waals surface area contributed by atoms with Gasteiger partial charge in [-0.3, -0.25) is 0 Å². The Hall–Kier alpha value is 0.340. The van der Waals surface area contributed by atoms with Crippen LogP contribution in [-0.2, 0) is 9.53 Å². The van der Waals surface area contributed by atoms with E-state index in [1.54, 1.807) is 0 Å². The number of hydrogen-bond acceptors (Lipinski definition) is 2. The molecule has 0 atom stereocenters. The average molecular weight is 205 g/mol. The molecule has 0 heterocycles. The maximum atomic E-state index is 10.6. The Morgan fingerprint density at radius 1 is 1.50 bits per heavy atom. The van der Waals surface area contributed by atoms with Crippen LogP contribution in [0.15, 0.2) is 0 Å². The molecule has 2 nitrogen and oxygen atoms in total. The van der Waals surface area contributed by atoms with Crippen LogP contribution in [0.3, 0.4) is 0 Å². The number of rotatable bonds is 2. The molecular formula is C5H7Cl3O2. The normalized spacial score (nSPS) is 11.2. The van der Waals surface area contributed by atoms with Gasteiger partial charge in [-0.2, -0.15) is 0 Å². The molecule has 5 heteroatoms. The van der Waals surface area contributed by atoms with E-state index in [-0.39, 0.29) is 6.61 Å². The minimum Gasteiger partial charge on any atom is -0.463 e. The molecule has 0 bridgehead atoms. The van der Waals surface area contributed by atoms with Crippen LogP contribution in [0.1, 0.15) is 13.3 Å². The van der Waals surface area contributed by atoms with Crippen molar-refractivity contribution in [1.29, 1.82) is 0 Å². The van der Waals surface area contributed by atoms with Gasteiger partial charge in [0.15, 0.2) is 0 Å². The molecule has 0 rings (SSSR count). The van der Waals surface area contributed by atoms with E-state index in [4.69, 9.17) is 34.8 Å². The molecule has 0 aromatic carbocycles. The largest absolute Gasteiger partial charge is 0.463 e. The number of ether oxygens (including phenoxy) is 1. The van der Waals surface area contributed by atoms with Crippen molar-refractivity contribution in [3.05, 3.63) is 0 Å². The first-order valence-electron chi connectivity index (χ1n) is 2.72. The van der Waals surface area contributed by atoms with Crippen molar-refractivity contribution >= 4 is 40.8 Å². The molecule has 0 fully saturated rings. The predicted octanol–water partition coefficient (Wildman–Crippen LogP) is 2.31. The van der Waals surface area contributed by atoms with E-state index >= 15 is 0 Å². The second-order valence-corrected chi connectivity index (χ2v) is 3.91. The summed E-state index contributed by atoms with van der Waals surface area (Å²) in [5, 5.41) is 0. The first-order chi connectivity index (χ1) is 4.48. The Labute approximate surface area is 74.4 Å². The Morgan fingerprint density at radius 3 is 2.30 bits per heavy atom. The second kappa shape index (κ2) is 4.27. The summed E-state index contributed by atoms with van der Waals surface area (Å²) in [7, 11) is 0. The van der Waals surface area contributed by atoms with Gasteiger partial charge in [0, 0.05) is 0 Å². The molecular weight excluding hydrogens is 198 g/mol. The van der Waals surface area contributed by atoms with Crippen molar-refractivity contribution in [3.63, 3.8) is 0 Å². The second-order valence-electron chi connectivity index (χ2n) is 1.63. The quantitative estimate of drug-likeness (QED) is 0.511. The molecule has 0 aliphatic carbocycles. The van der Waals surface area contributed by atoms with Gasteiger partial charge in [0.1, 0.15) is 0 Å². The molecule has 0 saturated heterocycles. The number of halogens is 3. The smallest absolute Gasteiger partial charge is 0.358 e. The van der Waals surface area contributed by atoms with Gasteiger partial charge in [0.05, 0.1) is 6.61 Å². The Kier molecular flexibility index (Phi) is 4.41. The summed E-state index contributed by atoms with van der Waals surface area (Å²) < 4.78 is 2.59. The van der Waals surface area contributed by atoms with Crippen molar-refractivity contribution < 1.29 is 9.53 Å². The average Bonchev–Trinajstić information content (AvgIpc) is 1.80. The van der Waals surface area contributed by atoms with Crippen LogP contribution < -0.4 is 0 Å². The van der Waals surface area contributed by atoms with Crippen molar-refractivity contribution in [2.45, 2.75) is 17.1 Å². The van der Waals surface area contributed by atoms with Crippen LogP contribution in [-0.4, -0.2) is 16.4 Å². The zero-order chi connectivity index (χ0) is 8.20. The molecule has 0 aliphatic rings. The molecule has 60 valence electrons. The molecule has 10 heavy (non-hydrogen) atoms. The summed E-state index contributed by atoms with van der Waals surface area (Å²) in [6.07, 6.45) is 0.715. The molecule has 0 aliphatic heterocycles. The molecule has 0 amide bonds. The highest BCUT2D eigenvalue weighted by Crippen LogP contribution is 2.27. The fourth-order valence-electron chi connectivity index (χ4n) is 0.277. The predicted molar refractivity (Wildman–Crippen MR) is 41.5 cm³/mol. The lowest BCUT2D eigenvalue weighted by Crippen LogP contribution is -2.22. The van der Waals surface area contributed by atoms with Crippen molar-refractivity contribution in [1.82, 2.24) is 0 Å². The third-order valence-electron chi connectivity index (χ3n) is 0.669. The van der Waals surface area contributed by atoms with E-state index in [0.29, 0.717) is 6.42 Å². The van der Waals surface area contributed by atoms with Crippen LogP contribution >= 0.6 is 34.8 Å². The number of carbonyl (C=O) groups is 1. The number of esters is 1. The van der Waals surface area contributed by atoms with E-state index < -0.39 is 9.76 Å². The Balaban J connectivity index is 3.64. The summed E-state index contributed by atoms with van der Waals surface area (Å²) in [5.41, 5.74) is 0. The zero-order valence-corrected chi connectivity index (χ0v) is 7.63. The van der Waals surface area contributed by atoms with E-state index in [9.17, 15) is 4.79 Å². The van der Waals surface area contributed by atoms with Crippen molar-refractivity contribution in [2.24, 2.45) is 0 Å². The van der Waals surface area contributed by atoms with Crippen LogP contribution in [0.4, 0.5) is 0 Å². The minimum atomic E-state index is -1.94. The minimum absolute atomic E-state index is 0.284. The standard InChI is InChI=1S/C5H7Cl3O2/c1-2-3-10-4(9)5(6,7)8/h2-3H2,1H3. The van der Waals surface area contributed by atoms with Gasteiger partial charge in [-0.25, -0.2) is 4.79 Å². The lowest BCUT2D eigenvalue weighted by molar-refractivity contribution is -0.142. The molecule has 0 aromatic rings. The topological polar surface area (TPSA) is 26.3 Å². The van der Waals surface area contributed by atoms with Gasteiger partial charge in [0.25, 0.3) is 3.79 Å². The SMILES string of the molecule is CCCOC(=O)C(Cl)(Cl)Cl. The van der Waals surface area contributed by atoms with Crippen LogP contribution in [0.2, 0.25) is 0 Å². The van der Waals surface area contributed by atoms with Crippen LogP contribution in [0.25, 0.3) is 0 Å². The summed E-state index contributed by atoms with van der Waals surface area (Å²) in [4.78, 5) is 10.6. The molecule has 0 spiro atoms. The van der Waals surface area contributed by atoms with Gasteiger partial charge in [0.2, 0.25) is 0 Å². The first-order valence-corrected chi connectivity index (χ1v) is 3.85. The van der Waals surface area contributed by atoms with Gasteiger partial charge in [-0.05, 0) is 6.42 Å². The number of carbonyl (C=O) groups excluding carboxylic acids is 1. The van der Waals surface area contributed by atoms with E-state index in [2.05, 4.69) is 4.74 Å². The Morgan fingerprint density at radius 2 is 2.00 bits per heavy atom. The fourth-order valence-corrected chi connectivity index (χ4v) is 0.440. The Bertz CT molecular complexity index is 119. The van der Waals surface area contributed by atoms with Gasteiger partial charge < -0.3 is 4.74 Å². The van der Waals surface area contributed by atoms with E-state index in [1.807, 2.05) is 6.92 Å². The zero-order valence-electron chi connectivity index (χ0n) is 5.36. The molecule has 0 saturated carbocycles. The van der Waals surface area contributed by atoms with E-state index in [0.717, 1.165) is 0 Å². The lowest BCUT2D eigenvalue weighted by atomic mass is 10.5. The highest BCUT2D eigenvalue weighted by molar-refractivity contribution is 6.75. The van der Waals surface area contributed by atoms with Crippen molar-refractivity contribution in [3.8, 4) is 0 Å². The maximum Gasteiger partial charge on any atom is 0.358 e. The van der Waals surface area contributed by atoms with Gasteiger partial charge >= 0.3 is 5.97 Å². The fraction of sp³-hybridized carbons (Fsp3) is 0.800. The van der Waals surface area contributed by atoms with E-state index in [1.165, 1.54) is 0 Å². The van der Waals surface area contributed by atoms with Gasteiger partial charge in [-0.15, -0.1) is 0 Å². The summed E-state index contributed by atoms with van der Waals surface area (Å²) >= 11 is 15.5. The summed E-state index contributed by atoms with van der Waals surface area (Å²) in [6, 6.07) is 0. The summed E-state index contributed by atoms with van der Waals surface area (Å²) in [6.45, 7) is 2.14. The highest BCUT2D eigenvalue weighted by atomic mass is 35.6.